The van der Waals surface area contributed by atoms with E-state index in [0.29, 0.717) is 32.2 Å². The van der Waals surface area contributed by atoms with Gasteiger partial charge in [-0.05, 0) is 56.1 Å². The molecule has 20 heavy (non-hydrogen) atoms. The second-order valence-corrected chi connectivity index (χ2v) is 7.05. The van der Waals surface area contributed by atoms with Crippen LogP contribution in [0.2, 0.25) is 5.02 Å². The van der Waals surface area contributed by atoms with Crippen LogP contribution in [0.5, 0.6) is 0 Å². The SMILES string of the molecule is Nc1c(Br)cc2nc(-c3cc(Br)ccc3Cl)oc2c1Br. The molecule has 0 unspecified atom stereocenters. The number of hydrogen-bond donors (Lipinski definition) is 1. The van der Waals surface area contributed by atoms with Gasteiger partial charge < -0.3 is 10.2 Å². The standard InChI is InChI=1S/C13H6Br3ClN2O/c14-5-1-2-8(17)6(3-5)13-19-9-4-7(15)11(18)10(16)12(9)20-13/h1-4H,18H2. The average molecular weight is 481 g/mol. The van der Waals surface area contributed by atoms with Crippen LogP contribution in [0, 0.1) is 0 Å². The molecule has 2 N–H and O–H groups in total. The lowest BCUT2D eigenvalue weighted by Gasteiger charge is -2.00. The predicted molar refractivity (Wildman–Crippen MR) is 92.0 cm³/mol. The Labute approximate surface area is 144 Å². The third-order valence-corrected chi connectivity index (χ3v) is 5.03. The first kappa shape index (κ1) is 14.4. The number of anilines is 1. The van der Waals surface area contributed by atoms with Crippen LogP contribution in [0.15, 0.2) is 42.1 Å². The summed E-state index contributed by atoms with van der Waals surface area (Å²) in [5.74, 6) is 0.449. The number of fused-ring (bicyclic) bond motifs is 1. The van der Waals surface area contributed by atoms with Crippen molar-refractivity contribution in [1.29, 1.82) is 0 Å². The molecule has 0 fully saturated rings. The summed E-state index contributed by atoms with van der Waals surface area (Å²) in [6.45, 7) is 0. The van der Waals surface area contributed by atoms with E-state index in [-0.39, 0.29) is 0 Å². The maximum absolute atomic E-state index is 6.19. The van der Waals surface area contributed by atoms with Crippen molar-refractivity contribution >= 4 is 76.2 Å². The van der Waals surface area contributed by atoms with Crippen molar-refractivity contribution in [2.24, 2.45) is 0 Å². The Hall–Kier alpha value is -0.560. The van der Waals surface area contributed by atoms with Gasteiger partial charge in [-0.25, -0.2) is 4.98 Å². The van der Waals surface area contributed by atoms with Crippen molar-refractivity contribution < 1.29 is 4.42 Å². The minimum Gasteiger partial charge on any atom is -0.435 e. The number of rotatable bonds is 1. The average Bonchev–Trinajstić information content (AvgIpc) is 2.83. The first-order chi connectivity index (χ1) is 9.47. The fourth-order valence-corrected chi connectivity index (χ4v) is 3.53. The second-order valence-electron chi connectivity index (χ2n) is 4.08. The Morgan fingerprint density at radius 3 is 2.65 bits per heavy atom. The van der Waals surface area contributed by atoms with Crippen molar-refractivity contribution in [3.8, 4) is 11.5 Å². The zero-order valence-electron chi connectivity index (χ0n) is 9.75. The van der Waals surface area contributed by atoms with Gasteiger partial charge in [-0.15, -0.1) is 0 Å². The Morgan fingerprint density at radius 1 is 1.15 bits per heavy atom. The van der Waals surface area contributed by atoms with E-state index < -0.39 is 0 Å². The van der Waals surface area contributed by atoms with Gasteiger partial charge in [0.25, 0.3) is 0 Å². The van der Waals surface area contributed by atoms with Gasteiger partial charge in [0, 0.05) is 8.95 Å². The van der Waals surface area contributed by atoms with Crippen LogP contribution in [0.25, 0.3) is 22.6 Å². The summed E-state index contributed by atoms with van der Waals surface area (Å²) in [5.41, 5.74) is 8.52. The molecule has 2 aromatic carbocycles. The lowest BCUT2D eigenvalue weighted by Crippen LogP contribution is -1.88. The van der Waals surface area contributed by atoms with Crippen LogP contribution in [0.4, 0.5) is 5.69 Å². The molecule has 0 saturated carbocycles. The molecule has 0 spiro atoms. The molecule has 1 heterocycles. The molecule has 3 nitrogen and oxygen atoms in total. The third-order valence-electron chi connectivity index (χ3n) is 2.77. The van der Waals surface area contributed by atoms with E-state index in [2.05, 4.69) is 52.8 Å². The van der Waals surface area contributed by atoms with Crippen LogP contribution in [-0.2, 0) is 0 Å². The summed E-state index contributed by atoms with van der Waals surface area (Å²) in [5, 5.41) is 0.572. The maximum atomic E-state index is 6.19. The van der Waals surface area contributed by atoms with Crippen LogP contribution < -0.4 is 5.73 Å². The zero-order chi connectivity index (χ0) is 14.4. The number of oxazole rings is 1. The summed E-state index contributed by atoms with van der Waals surface area (Å²) < 4.78 is 8.13. The van der Waals surface area contributed by atoms with E-state index in [1.165, 1.54) is 0 Å². The lowest BCUT2D eigenvalue weighted by atomic mass is 10.2. The van der Waals surface area contributed by atoms with E-state index in [1.807, 2.05) is 18.2 Å². The number of nitrogens with zero attached hydrogens (tertiary/aromatic N) is 1. The highest BCUT2D eigenvalue weighted by atomic mass is 79.9. The molecule has 0 aliphatic carbocycles. The van der Waals surface area contributed by atoms with Gasteiger partial charge >= 0.3 is 0 Å². The highest BCUT2D eigenvalue weighted by molar-refractivity contribution is 9.11. The molecular formula is C13H6Br3ClN2O. The molecule has 0 aliphatic heterocycles. The molecule has 3 rings (SSSR count). The third kappa shape index (κ3) is 2.39. The quantitative estimate of drug-likeness (QED) is 0.433. The molecule has 0 radical (unpaired) electrons. The van der Waals surface area contributed by atoms with Gasteiger partial charge in [-0.3, -0.25) is 0 Å². The number of nitrogen functional groups attached to an aromatic ring is 1. The minimum atomic E-state index is 0.449. The Kier molecular flexibility index (Phi) is 3.83. The molecule has 0 saturated heterocycles. The Bertz CT molecular complexity index is 832. The van der Waals surface area contributed by atoms with E-state index in [4.69, 9.17) is 21.8 Å². The van der Waals surface area contributed by atoms with Crippen molar-refractivity contribution in [1.82, 2.24) is 4.98 Å². The molecule has 3 aromatic rings. The highest BCUT2D eigenvalue weighted by Gasteiger charge is 2.17. The molecule has 0 atom stereocenters. The number of halogens is 4. The highest BCUT2D eigenvalue weighted by Crippen LogP contribution is 2.39. The monoisotopic (exact) mass is 478 g/mol. The molecular weight excluding hydrogens is 475 g/mol. The van der Waals surface area contributed by atoms with Gasteiger partial charge in [-0.2, -0.15) is 0 Å². The minimum absolute atomic E-state index is 0.449. The smallest absolute Gasteiger partial charge is 0.228 e. The summed E-state index contributed by atoms with van der Waals surface area (Å²) >= 11 is 16.4. The molecule has 102 valence electrons. The van der Waals surface area contributed by atoms with Crippen LogP contribution in [-0.4, -0.2) is 4.98 Å². The van der Waals surface area contributed by atoms with E-state index in [0.717, 1.165) is 14.5 Å². The van der Waals surface area contributed by atoms with Gasteiger partial charge in [-0.1, -0.05) is 27.5 Å². The largest absolute Gasteiger partial charge is 0.435 e. The van der Waals surface area contributed by atoms with Crippen molar-refractivity contribution in [2.75, 3.05) is 5.73 Å². The number of aromatic nitrogens is 1. The molecule has 0 bridgehead atoms. The summed E-state index contributed by atoms with van der Waals surface area (Å²) in [6, 6.07) is 7.32. The van der Waals surface area contributed by atoms with Crippen LogP contribution in [0.3, 0.4) is 0 Å². The van der Waals surface area contributed by atoms with E-state index >= 15 is 0 Å². The summed E-state index contributed by atoms with van der Waals surface area (Å²) in [7, 11) is 0. The Morgan fingerprint density at radius 2 is 1.90 bits per heavy atom. The van der Waals surface area contributed by atoms with Crippen molar-refractivity contribution in [3.63, 3.8) is 0 Å². The van der Waals surface area contributed by atoms with Crippen LogP contribution in [0.1, 0.15) is 0 Å². The maximum Gasteiger partial charge on any atom is 0.228 e. The fraction of sp³-hybridized carbons (Fsp3) is 0. The van der Waals surface area contributed by atoms with E-state index in [1.54, 1.807) is 6.07 Å². The Balaban J connectivity index is 2.28. The van der Waals surface area contributed by atoms with Gasteiger partial charge in [0.05, 0.1) is 20.7 Å². The predicted octanol–water partition coefficient (Wildman–Crippen LogP) is 6.02. The zero-order valence-corrected chi connectivity index (χ0v) is 15.3. The number of benzene rings is 2. The molecule has 0 amide bonds. The summed E-state index contributed by atoms with van der Waals surface area (Å²) in [4.78, 5) is 4.46. The first-order valence-electron chi connectivity index (χ1n) is 5.47. The van der Waals surface area contributed by atoms with Crippen molar-refractivity contribution in [3.05, 3.63) is 42.7 Å². The van der Waals surface area contributed by atoms with Gasteiger partial charge in [0.2, 0.25) is 5.89 Å². The second kappa shape index (κ2) is 5.33. The van der Waals surface area contributed by atoms with Crippen LogP contribution >= 0.6 is 59.4 Å². The number of nitrogens with two attached hydrogens (primary N) is 1. The first-order valence-corrected chi connectivity index (χ1v) is 8.22. The topological polar surface area (TPSA) is 52.0 Å². The fourth-order valence-electron chi connectivity index (χ4n) is 1.79. The molecule has 0 aliphatic rings. The normalized spacial score (nSPS) is 11.2. The van der Waals surface area contributed by atoms with Crippen molar-refractivity contribution in [2.45, 2.75) is 0 Å². The lowest BCUT2D eigenvalue weighted by molar-refractivity contribution is 0.618. The van der Waals surface area contributed by atoms with E-state index in [9.17, 15) is 0 Å². The number of hydrogen-bond acceptors (Lipinski definition) is 3. The van der Waals surface area contributed by atoms with Gasteiger partial charge in [0.15, 0.2) is 5.58 Å². The molecule has 7 heteroatoms. The summed E-state index contributed by atoms with van der Waals surface area (Å²) in [6.07, 6.45) is 0. The molecule has 1 aromatic heterocycles. The van der Waals surface area contributed by atoms with Gasteiger partial charge in [0.1, 0.15) is 5.52 Å².